The van der Waals surface area contributed by atoms with Gasteiger partial charge in [-0.05, 0) is 77.9 Å². The fourth-order valence-corrected chi connectivity index (χ4v) is 6.30. The highest BCUT2D eigenvalue weighted by Gasteiger charge is 2.31. The van der Waals surface area contributed by atoms with Crippen LogP contribution in [0.5, 0.6) is 0 Å². The Bertz CT molecular complexity index is 1650. The Morgan fingerprint density at radius 1 is 0.841 bits per heavy atom. The number of halogens is 1. The van der Waals surface area contributed by atoms with Crippen molar-refractivity contribution in [3.8, 4) is 0 Å². The first-order valence-electron chi connectivity index (χ1n) is 14.6. The lowest BCUT2D eigenvalue weighted by Gasteiger charge is -2.32. The van der Waals surface area contributed by atoms with Crippen LogP contribution in [0.2, 0.25) is 5.02 Å². The Labute approximate surface area is 263 Å². The third-order valence-corrected chi connectivity index (χ3v) is 9.30. The maximum atomic E-state index is 14.0. The first-order valence-corrected chi connectivity index (χ1v) is 16.5. The molecule has 1 aromatic heterocycles. The van der Waals surface area contributed by atoms with Gasteiger partial charge >= 0.3 is 0 Å². The minimum absolute atomic E-state index is 0.0228. The van der Waals surface area contributed by atoms with Crippen LogP contribution < -0.4 is 10.0 Å². The molecule has 3 aromatic carbocycles. The van der Waals surface area contributed by atoms with Crippen molar-refractivity contribution >= 4 is 33.4 Å². The van der Waals surface area contributed by atoms with Crippen LogP contribution in [-0.2, 0) is 45.5 Å². The second-order valence-corrected chi connectivity index (χ2v) is 13.1. The number of hydrogen-bond donors (Lipinski definition) is 2. The molecule has 4 aromatic rings. The Kier molecular flexibility index (Phi) is 10.4. The van der Waals surface area contributed by atoms with Gasteiger partial charge < -0.3 is 10.2 Å². The van der Waals surface area contributed by atoms with Crippen LogP contribution in [0.1, 0.15) is 41.5 Å². The van der Waals surface area contributed by atoms with E-state index in [1.54, 1.807) is 53.7 Å². The van der Waals surface area contributed by atoms with E-state index in [1.807, 2.05) is 54.6 Å². The second kappa shape index (κ2) is 14.6. The maximum Gasteiger partial charge on any atom is 0.243 e. The molecule has 8 nitrogen and oxygen atoms in total. The standard InChI is InChI=1S/C34H35ClN4O4S/c35-29-11-6-28(7-12-29)24-39(33(40)17-10-25-8-15-31(16-9-25)44(42,43)38-30-13-14-30)32(22-26-4-2-1-3-5-26)34(41)37-23-27-18-20-36-21-19-27/h1-9,11-12,15-16,18-21,30,32,38H,10,13-14,17,22-24H2,(H,37,41). The van der Waals surface area contributed by atoms with E-state index in [0.717, 1.165) is 35.1 Å². The lowest BCUT2D eigenvalue weighted by molar-refractivity contribution is -0.141. The van der Waals surface area contributed by atoms with Crippen molar-refractivity contribution in [2.45, 2.75) is 62.2 Å². The number of nitrogens with one attached hydrogen (secondary N) is 2. The summed E-state index contributed by atoms with van der Waals surface area (Å²) in [5, 5.41) is 3.60. The molecule has 0 bridgehead atoms. The first kappa shape index (κ1) is 31.4. The highest BCUT2D eigenvalue weighted by atomic mass is 35.5. The zero-order chi connectivity index (χ0) is 30.9. The molecule has 44 heavy (non-hydrogen) atoms. The van der Waals surface area contributed by atoms with Crippen LogP contribution in [0.4, 0.5) is 0 Å². The molecule has 1 aliphatic carbocycles. The molecule has 5 rings (SSSR count). The normalized spacial score (nSPS) is 13.7. The smallest absolute Gasteiger partial charge is 0.243 e. The summed E-state index contributed by atoms with van der Waals surface area (Å²) in [6.07, 6.45) is 5.93. The van der Waals surface area contributed by atoms with Crippen molar-refractivity contribution in [2.24, 2.45) is 0 Å². The number of rotatable bonds is 14. The summed E-state index contributed by atoms with van der Waals surface area (Å²) in [5.41, 5.74) is 3.51. The number of sulfonamides is 1. The van der Waals surface area contributed by atoms with E-state index in [4.69, 9.17) is 11.6 Å². The third kappa shape index (κ3) is 8.98. The maximum absolute atomic E-state index is 14.0. The second-order valence-electron chi connectivity index (χ2n) is 11.0. The summed E-state index contributed by atoms with van der Waals surface area (Å²) in [5.74, 6) is -0.447. The molecule has 1 heterocycles. The summed E-state index contributed by atoms with van der Waals surface area (Å²) >= 11 is 6.12. The molecule has 0 radical (unpaired) electrons. The molecule has 1 aliphatic rings. The number of aryl methyl sites for hydroxylation is 1. The van der Waals surface area contributed by atoms with Crippen LogP contribution in [0.15, 0.2) is 108 Å². The number of hydrogen-bond acceptors (Lipinski definition) is 5. The zero-order valence-electron chi connectivity index (χ0n) is 24.2. The quantitative estimate of drug-likeness (QED) is 0.202. The third-order valence-electron chi connectivity index (χ3n) is 7.51. The number of nitrogens with zero attached hydrogens (tertiary/aromatic N) is 2. The van der Waals surface area contributed by atoms with Crippen LogP contribution in [-0.4, -0.2) is 42.2 Å². The van der Waals surface area contributed by atoms with E-state index in [1.165, 1.54) is 0 Å². The van der Waals surface area contributed by atoms with Gasteiger partial charge in [-0.2, -0.15) is 0 Å². The lowest BCUT2D eigenvalue weighted by atomic mass is 10.0. The molecule has 0 spiro atoms. The van der Waals surface area contributed by atoms with Crippen molar-refractivity contribution < 1.29 is 18.0 Å². The number of benzene rings is 3. The molecule has 2 amide bonds. The van der Waals surface area contributed by atoms with Crippen molar-refractivity contribution in [3.05, 3.63) is 131 Å². The Hall–Kier alpha value is -4.05. The summed E-state index contributed by atoms with van der Waals surface area (Å²) in [6, 6.07) is 26.4. The summed E-state index contributed by atoms with van der Waals surface area (Å²) < 4.78 is 27.8. The fraction of sp³-hybridized carbons (Fsp3) is 0.265. The van der Waals surface area contributed by atoms with Gasteiger partial charge in [0.2, 0.25) is 21.8 Å². The van der Waals surface area contributed by atoms with Crippen LogP contribution in [0, 0.1) is 0 Å². The number of carbonyl (C=O) groups excluding carboxylic acids is 2. The SMILES string of the molecule is O=C(NCc1ccncc1)C(Cc1ccccc1)N(Cc1ccc(Cl)cc1)C(=O)CCc1ccc(S(=O)(=O)NC2CC2)cc1. The Morgan fingerprint density at radius 2 is 1.50 bits per heavy atom. The molecule has 0 saturated heterocycles. The van der Waals surface area contributed by atoms with Gasteiger partial charge in [0.15, 0.2) is 0 Å². The van der Waals surface area contributed by atoms with Gasteiger partial charge in [0.1, 0.15) is 6.04 Å². The summed E-state index contributed by atoms with van der Waals surface area (Å²) in [6.45, 7) is 0.528. The van der Waals surface area contributed by atoms with E-state index < -0.39 is 16.1 Å². The van der Waals surface area contributed by atoms with Gasteiger partial charge in [0, 0.05) is 49.4 Å². The van der Waals surface area contributed by atoms with Crippen LogP contribution in [0.25, 0.3) is 0 Å². The fourth-order valence-electron chi connectivity index (χ4n) is 4.87. The van der Waals surface area contributed by atoms with Crippen molar-refractivity contribution in [1.29, 1.82) is 0 Å². The van der Waals surface area contributed by atoms with Crippen molar-refractivity contribution in [2.75, 3.05) is 0 Å². The average Bonchev–Trinajstić information content (AvgIpc) is 3.86. The molecular weight excluding hydrogens is 596 g/mol. The minimum atomic E-state index is -3.55. The molecule has 1 saturated carbocycles. The molecule has 1 atom stereocenters. The predicted molar refractivity (Wildman–Crippen MR) is 170 cm³/mol. The first-order chi connectivity index (χ1) is 21.3. The number of carbonyl (C=O) groups is 2. The molecule has 1 unspecified atom stereocenters. The van der Waals surface area contributed by atoms with Crippen LogP contribution in [0.3, 0.4) is 0 Å². The highest BCUT2D eigenvalue weighted by molar-refractivity contribution is 7.89. The van der Waals surface area contributed by atoms with Gasteiger partial charge in [-0.1, -0.05) is 66.2 Å². The zero-order valence-corrected chi connectivity index (χ0v) is 25.8. The Balaban J connectivity index is 1.36. The summed E-state index contributed by atoms with van der Waals surface area (Å²) in [4.78, 5) is 33.6. The molecular formula is C34H35ClN4O4S. The summed E-state index contributed by atoms with van der Waals surface area (Å²) in [7, 11) is -3.55. The van der Waals surface area contributed by atoms with Crippen molar-refractivity contribution in [1.82, 2.24) is 19.9 Å². The van der Waals surface area contributed by atoms with Gasteiger partial charge in [0.05, 0.1) is 4.90 Å². The van der Waals surface area contributed by atoms with Gasteiger partial charge in [-0.15, -0.1) is 0 Å². The number of aromatic nitrogens is 1. The molecule has 2 N–H and O–H groups in total. The van der Waals surface area contributed by atoms with E-state index in [9.17, 15) is 18.0 Å². The topological polar surface area (TPSA) is 108 Å². The van der Waals surface area contributed by atoms with E-state index in [0.29, 0.717) is 24.4 Å². The number of pyridine rings is 1. The molecule has 228 valence electrons. The van der Waals surface area contributed by atoms with E-state index in [2.05, 4.69) is 15.0 Å². The highest BCUT2D eigenvalue weighted by Crippen LogP contribution is 2.23. The van der Waals surface area contributed by atoms with Crippen molar-refractivity contribution in [3.63, 3.8) is 0 Å². The predicted octanol–water partition coefficient (Wildman–Crippen LogP) is 5.06. The number of amides is 2. The van der Waals surface area contributed by atoms with Gasteiger partial charge in [-0.3, -0.25) is 14.6 Å². The molecule has 1 fully saturated rings. The monoisotopic (exact) mass is 630 g/mol. The Morgan fingerprint density at radius 3 is 2.16 bits per heavy atom. The molecule has 0 aliphatic heterocycles. The van der Waals surface area contributed by atoms with E-state index in [-0.39, 0.29) is 35.7 Å². The lowest BCUT2D eigenvalue weighted by Crippen LogP contribution is -2.50. The largest absolute Gasteiger partial charge is 0.350 e. The molecule has 10 heteroatoms. The van der Waals surface area contributed by atoms with Crippen LogP contribution >= 0.6 is 11.6 Å². The minimum Gasteiger partial charge on any atom is -0.350 e. The van der Waals surface area contributed by atoms with Gasteiger partial charge in [0.25, 0.3) is 0 Å². The van der Waals surface area contributed by atoms with E-state index >= 15 is 0 Å². The average molecular weight is 631 g/mol. The van der Waals surface area contributed by atoms with Gasteiger partial charge in [-0.25, -0.2) is 13.1 Å².